The number of hydrogen-bond donors (Lipinski definition) is 1. The van der Waals surface area contributed by atoms with Gasteiger partial charge < -0.3 is 14.1 Å². The van der Waals surface area contributed by atoms with Crippen molar-refractivity contribution >= 4 is 28.1 Å². The predicted molar refractivity (Wildman–Crippen MR) is 120 cm³/mol. The summed E-state index contributed by atoms with van der Waals surface area (Å²) < 4.78 is 11.0. The van der Waals surface area contributed by atoms with Crippen LogP contribution in [0, 0.1) is 0 Å². The summed E-state index contributed by atoms with van der Waals surface area (Å²) in [5, 5.41) is 5.39. The highest BCUT2D eigenvalue weighted by atomic mass is 16.5. The Morgan fingerprint density at radius 2 is 1.90 bits per heavy atom. The van der Waals surface area contributed by atoms with Gasteiger partial charge in [0.1, 0.15) is 11.3 Å². The van der Waals surface area contributed by atoms with E-state index in [4.69, 9.17) is 9.15 Å². The molecule has 30 heavy (non-hydrogen) atoms. The molecule has 0 saturated carbocycles. The molecule has 0 aliphatic carbocycles. The van der Waals surface area contributed by atoms with E-state index in [2.05, 4.69) is 21.5 Å². The molecule has 0 spiro atoms. The summed E-state index contributed by atoms with van der Waals surface area (Å²) in [5.41, 5.74) is 9.17. The SMILES string of the molecule is COc1ccc(N/N=C(\C)c2cc3cc4c5c(c3oc2=O)CCCN5CCC4)cc1. The lowest BCUT2D eigenvalue weighted by molar-refractivity contribution is 0.415. The molecule has 1 aromatic heterocycles. The molecule has 0 atom stereocenters. The van der Waals surface area contributed by atoms with E-state index in [-0.39, 0.29) is 5.63 Å². The highest BCUT2D eigenvalue weighted by Crippen LogP contribution is 2.39. The number of benzene rings is 2. The number of fused-ring (bicyclic) bond motifs is 2. The molecule has 2 aliphatic rings. The van der Waals surface area contributed by atoms with Crippen molar-refractivity contribution in [2.75, 3.05) is 30.5 Å². The van der Waals surface area contributed by atoms with Crippen LogP contribution in [-0.4, -0.2) is 25.9 Å². The number of methoxy groups -OCH3 is 1. The molecular formula is C24H25N3O3. The zero-order valence-electron chi connectivity index (χ0n) is 17.3. The molecule has 1 N–H and O–H groups in total. The van der Waals surface area contributed by atoms with Crippen LogP contribution >= 0.6 is 0 Å². The molecule has 3 aromatic rings. The van der Waals surface area contributed by atoms with E-state index >= 15 is 0 Å². The summed E-state index contributed by atoms with van der Waals surface area (Å²) in [7, 11) is 1.63. The predicted octanol–water partition coefficient (Wildman–Crippen LogP) is 4.34. The highest BCUT2D eigenvalue weighted by Gasteiger charge is 2.27. The van der Waals surface area contributed by atoms with Crippen molar-refractivity contribution in [3.8, 4) is 5.75 Å². The minimum absolute atomic E-state index is 0.343. The Bertz CT molecular complexity index is 1190. The van der Waals surface area contributed by atoms with E-state index in [9.17, 15) is 4.79 Å². The second-order valence-corrected chi connectivity index (χ2v) is 7.96. The first-order valence-corrected chi connectivity index (χ1v) is 10.5. The summed E-state index contributed by atoms with van der Waals surface area (Å²) in [6.07, 6.45) is 4.32. The largest absolute Gasteiger partial charge is 0.497 e. The molecule has 5 rings (SSSR count). The minimum atomic E-state index is -0.343. The fourth-order valence-corrected chi connectivity index (χ4v) is 4.57. The van der Waals surface area contributed by atoms with Gasteiger partial charge in [0.05, 0.1) is 24.1 Å². The van der Waals surface area contributed by atoms with Crippen molar-refractivity contribution in [2.24, 2.45) is 5.10 Å². The van der Waals surface area contributed by atoms with Crippen LogP contribution in [0.5, 0.6) is 5.75 Å². The zero-order chi connectivity index (χ0) is 20.7. The van der Waals surface area contributed by atoms with Crippen molar-refractivity contribution in [2.45, 2.75) is 32.6 Å². The number of hydrazone groups is 1. The van der Waals surface area contributed by atoms with Gasteiger partial charge in [0.25, 0.3) is 0 Å². The Morgan fingerprint density at radius 1 is 1.13 bits per heavy atom. The maximum Gasteiger partial charge on any atom is 0.345 e. The second kappa shape index (κ2) is 7.52. The molecule has 0 saturated heterocycles. The van der Waals surface area contributed by atoms with Crippen LogP contribution in [0.2, 0.25) is 0 Å². The van der Waals surface area contributed by atoms with Gasteiger partial charge in [-0.05, 0) is 74.6 Å². The molecule has 0 fully saturated rings. The Morgan fingerprint density at radius 3 is 2.67 bits per heavy atom. The van der Waals surface area contributed by atoms with E-state index in [1.165, 1.54) is 23.2 Å². The molecule has 0 unspecified atom stereocenters. The normalized spacial score (nSPS) is 15.8. The van der Waals surface area contributed by atoms with Gasteiger partial charge >= 0.3 is 5.63 Å². The number of ether oxygens (including phenoxy) is 1. The van der Waals surface area contributed by atoms with Gasteiger partial charge in [0.2, 0.25) is 0 Å². The van der Waals surface area contributed by atoms with Crippen LogP contribution in [0.25, 0.3) is 11.0 Å². The average Bonchev–Trinajstić information content (AvgIpc) is 2.78. The first-order chi connectivity index (χ1) is 14.6. The van der Waals surface area contributed by atoms with E-state index in [1.54, 1.807) is 7.11 Å². The number of hydrogen-bond acceptors (Lipinski definition) is 6. The van der Waals surface area contributed by atoms with Crippen LogP contribution in [0.4, 0.5) is 11.4 Å². The summed E-state index contributed by atoms with van der Waals surface area (Å²) >= 11 is 0. The Balaban J connectivity index is 1.52. The quantitative estimate of drug-likeness (QED) is 0.399. The third-order valence-electron chi connectivity index (χ3n) is 6.05. The highest BCUT2D eigenvalue weighted by molar-refractivity contribution is 6.01. The van der Waals surface area contributed by atoms with Gasteiger partial charge in [-0.25, -0.2) is 4.79 Å². The standard InChI is InChI=1S/C24H25N3O3/c1-15(25-26-18-7-9-19(29-2)10-8-18)21-14-17-13-16-5-3-11-27-12-4-6-20(22(16)27)23(17)30-24(21)28/h7-10,13-14,26H,3-6,11-12H2,1-2H3/b25-15+. The molecule has 6 heteroatoms. The molecule has 3 heterocycles. The molecular weight excluding hydrogens is 378 g/mol. The summed E-state index contributed by atoms with van der Waals surface area (Å²) in [4.78, 5) is 15.3. The van der Waals surface area contributed by atoms with Gasteiger partial charge in [-0.2, -0.15) is 5.10 Å². The summed E-state index contributed by atoms with van der Waals surface area (Å²) in [6, 6.07) is 11.6. The second-order valence-electron chi connectivity index (χ2n) is 7.96. The molecule has 0 bridgehead atoms. The Kier molecular flexibility index (Phi) is 4.69. The Labute approximate surface area is 175 Å². The monoisotopic (exact) mass is 403 g/mol. The van der Waals surface area contributed by atoms with Crippen LogP contribution < -0.4 is 20.7 Å². The molecule has 154 valence electrons. The van der Waals surface area contributed by atoms with E-state index in [0.717, 1.165) is 54.8 Å². The van der Waals surface area contributed by atoms with Gasteiger partial charge in [-0.15, -0.1) is 0 Å². The number of rotatable bonds is 4. The van der Waals surface area contributed by atoms with Gasteiger partial charge in [0, 0.05) is 29.7 Å². The Hall–Kier alpha value is -3.28. The summed E-state index contributed by atoms with van der Waals surface area (Å²) in [5.74, 6) is 0.780. The number of nitrogens with one attached hydrogen (secondary N) is 1. The molecule has 2 aliphatic heterocycles. The fourth-order valence-electron chi connectivity index (χ4n) is 4.57. The molecule has 6 nitrogen and oxygen atoms in total. The lowest BCUT2D eigenvalue weighted by atomic mass is 9.90. The first kappa shape index (κ1) is 18.7. The minimum Gasteiger partial charge on any atom is -0.497 e. The average molecular weight is 403 g/mol. The number of anilines is 2. The van der Waals surface area contributed by atoms with Crippen molar-refractivity contribution in [3.05, 3.63) is 63.5 Å². The van der Waals surface area contributed by atoms with Gasteiger partial charge in [-0.3, -0.25) is 5.43 Å². The van der Waals surface area contributed by atoms with Gasteiger partial charge in [-0.1, -0.05) is 0 Å². The lowest BCUT2D eigenvalue weighted by Gasteiger charge is -2.37. The van der Waals surface area contributed by atoms with Crippen LogP contribution in [0.15, 0.2) is 50.7 Å². The molecule has 0 radical (unpaired) electrons. The fraction of sp³-hybridized carbons (Fsp3) is 0.333. The van der Waals surface area contributed by atoms with Crippen molar-refractivity contribution in [3.63, 3.8) is 0 Å². The van der Waals surface area contributed by atoms with Crippen molar-refractivity contribution in [1.29, 1.82) is 0 Å². The lowest BCUT2D eigenvalue weighted by Crippen LogP contribution is -2.34. The van der Waals surface area contributed by atoms with Crippen LogP contribution in [0.1, 0.15) is 36.5 Å². The molecule has 2 aromatic carbocycles. The van der Waals surface area contributed by atoms with E-state index in [0.29, 0.717) is 11.3 Å². The van der Waals surface area contributed by atoms with E-state index < -0.39 is 0 Å². The zero-order valence-corrected chi connectivity index (χ0v) is 17.3. The van der Waals surface area contributed by atoms with Crippen molar-refractivity contribution < 1.29 is 9.15 Å². The van der Waals surface area contributed by atoms with Crippen LogP contribution in [-0.2, 0) is 12.8 Å². The third-order valence-corrected chi connectivity index (χ3v) is 6.05. The van der Waals surface area contributed by atoms with E-state index in [1.807, 2.05) is 37.3 Å². The number of aryl methyl sites for hydroxylation is 2. The van der Waals surface area contributed by atoms with Gasteiger partial charge in [0.15, 0.2) is 0 Å². The third kappa shape index (κ3) is 3.22. The summed E-state index contributed by atoms with van der Waals surface area (Å²) in [6.45, 7) is 4.01. The maximum atomic E-state index is 12.8. The maximum absolute atomic E-state index is 12.8. The first-order valence-electron chi connectivity index (χ1n) is 10.5. The molecule has 0 amide bonds. The van der Waals surface area contributed by atoms with Crippen molar-refractivity contribution in [1.82, 2.24) is 0 Å². The topological polar surface area (TPSA) is 67.1 Å². The number of nitrogens with zero attached hydrogens (tertiary/aromatic N) is 2. The van der Waals surface area contributed by atoms with Crippen LogP contribution in [0.3, 0.4) is 0 Å². The smallest absolute Gasteiger partial charge is 0.345 e.